The van der Waals surface area contributed by atoms with Gasteiger partial charge >= 0.3 is 6.09 Å². The first-order valence-corrected chi connectivity index (χ1v) is 7.89. The average Bonchev–Trinajstić information content (AvgIpc) is 2.68. The molecule has 0 bridgehead atoms. The van der Waals surface area contributed by atoms with E-state index in [0.29, 0.717) is 18.9 Å². The van der Waals surface area contributed by atoms with Gasteiger partial charge in [0.15, 0.2) is 0 Å². The molecule has 2 rings (SSSR count). The fraction of sp³-hybridized carbons (Fsp3) is 0.529. The zero-order chi connectivity index (χ0) is 15.8. The minimum atomic E-state index is -0.420. The predicted octanol–water partition coefficient (Wildman–Crippen LogP) is 2.61. The van der Waals surface area contributed by atoms with Crippen LogP contribution in [0.15, 0.2) is 30.3 Å². The Balaban J connectivity index is 1.66. The number of carbonyl (C=O) groups is 2. The van der Waals surface area contributed by atoms with E-state index in [2.05, 4.69) is 17.6 Å². The first-order chi connectivity index (χ1) is 10.6. The van der Waals surface area contributed by atoms with Gasteiger partial charge in [0.25, 0.3) is 0 Å². The van der Waals surface area contributed by atoms with Crippen LogP contribution in [0.4, 0.5) is 4.79 Å². The highest BCUT2D eigenvalue weighted by Gasteiger charge is 2.22. The van der Waals surface area contributed by atoms with Crippen LogP contribution in [0.2, 0.25) is 0 Å². The Kier molecular flexibility index (Phi) is 6.25. The van der Waals surface area contributed by atoms with E-state index >= 15 is 0 Å². The van der Waals surface area contributed by atoms with E-state index in [1.54, 1.807) is 0 Å². The van der Waals surface area contributed by atoms with Crippen LogP contribution in [0, 0.1) is 5.92 Å². The van der Waals surface area contributed by atoms with E-state index in [-0.39, 0.29) is 18.6 Å². The molecule has 2 N–H and O–H groups in total. The molecule has 0 aromatic heterocycles. The first kappa shape index (κ1) is 16.3. The summed E-state index contributed by atoms with van der Waals surface area (Å²) in [5.41, 5.74) is 0.960. The number of carbonyl (C=O) groups excluding carboxylic acids is 2. The number of nitrogens with one attached hydrogen (secondary N) is 2. The number of amides is 2. The maximum Gasteiger partial charge on any atom is 0.407 e. The molecule has 0 saturated carbocycles. The molecule has 22 heavy (non-hydrogen) atoms. The van der Waals surface area contributed by atoms with Crippen molar-refractivity contribution in [2.45, 2.75) is 45.3 Å². The third-order valence-electron chi connectivity index (χ3n) is 4.03. The highest BCUT2D eigenvalue weighted by Crippen LogP contribution is 2.18. The molecule has 5 nitrogen and oxygen atoms in total. The molecule has 0 radical (unpaired) electrons. The Morgan fingerprint density at radius 2 is 2.14 bits per heavy atom. The van der Waals surface area contributed by atoms with Crippen molar-refractivity contribution in [1.29, 1.82) is 0 Å². The molecular formula is C17H24N2O3. The number of alkyl carbamates (subject to hydrolysis) is 1. The van der Waals surface area contributed by atoms with Gasteiger partial charge in [-0.05, 0) is 30.7 Å². The molecule has 1 saturated heterocycles. The molecule has 1 aromatic carbocycles. The Morgan fingerprint density at radius 1 is 1.36 bits per heavy atom. The minimum absolute atomic E-state index is 0.112. The highest BCUT2D eigenvalue weighted by atomic mass is 16.5. The van der Waals surface area contributed by atoms with Crippen molar-refractivity contribution in [3.05, 3.63) is 35.9 Å². The first-order valence-electron chi connectivity index (χ1n) is 7.89. The summed E-state index contributed by atoms with van der Waals surface area (Å²) >= 11 is 0. The lowest BCUT2D eigenvalue weighted by Gasteiger charge is -2.22. The maximum absolute atomic E-state index is 11.7. The van der Waals surface area contributed by atoms with Crippen LogP contribution < -0.4 is 10.6 Å². The molecule has 0 aliphatic carbocycles. The SMILES string of the molecule is CC1CCCC(=O)NC1CCNC(=O)OCc1ccccc1. The standard InChI is InChI=1S/C17H24N2O3/c1-13-6-5-9-16(20)19-15(13)10-11-18-17(21)22-12-14-7-3-2-4-8-14/h2-4,7-8,13,15H,5-6,9-12H2,1H3,(H,18,21)(H,19,20). The smallest absolute Gasteiger partial charge is 0.407 e. The lowest BCUT2D eigenvalue weighted by molar-refractivity contribution is -0.121. The van der Waals surface area contributed by atoms with Gasteiger partial charge in [0.1, 0.15) is 6.61 Å². The van der Waals surface area contributed by atoms with E-state index in [1.807, 2.05) is 30.3 Å². The fourth-order valence-corrected chi connectivity index (χ4v) is 2.67. The summed E-state index contributed by atoms with van der Waals surface area (Å²) in [6.07, 6.45) is 2.90. The van der Waals surface area contributed by atoms with Crippen molar-refractivity contribution in [2.75, 3.05) is 6.54 Å². The zero-order valence-corrected chi connectivity index (χ0v) is 13.0. The zero-order valence-electron chi connectivity index (χ0n) is 13.0. The van der Waals surface area contributed by atoms with Crippen LogP contribution in [0.3, 0.4) is 0 Å². The molecule has 5 heteroatoms. The van der Waals surface area contributed by atoms with E-state index in [1.165, 1.54) is 0 Å². The molecule has 1 heterocycles. The largest absolute Gasteiger partial charge is 0.445 e. The molecular weight excluding hydrogens is 280 g/mol. The van der Waals surface area contributed by atoms with Crippen LogP contribution in [-0.4, -0.2) is 24.6 Å². The minimum Gasteiger partial charge on any atom is -0.445 e. The third-order valence-corrected chi connectivity index (χ3v) is 4.03. The molecule has 2 amide bonds. The van der Waals surface area contributed by atoms with Crippen LogP contribution >= 0.6 is 0 Å². The van der Waals surface area contributed by atoms with E-state index < -0.39 is 6.09 Å². The van der Waals surface area contributed by atoms with Gasteiger partial charge in [-0.15, -0.1) is 0 Å². The highest BCUT2D eigenvalue weighted by molar-refractivity contribution is 5.76. The number of ether oxygens (including phenoxy) is 1. The second kappa shape index (κ2) is 8.41. The van der Waals surface area contributed by atoms with E-state index in [4.69, 9.17) is 4.74 Å². The quantitative estimate of drug-likeness (QED) is 0.878. The fourth-order valence-electron chi connectivity index (χ4n) is 2.67. The second-order valence-corrected chi connectivity index (χ2v) is 5.82. The van der Waals surface area contributed by atoms with E-state index in [9.17, 15) is 9.59 Å². The predicted molar refractivity (Wildman–Crippen MR) is 84.2 cm³/mol. The number of rotatable bonds is 5. The van der Waals surface area contributed by atoms with Crippen molar-refractivity contribution >= 4 is 12.0 Å². The Morgan fingerprint density at radius 3 is 2.91 bits per heavy atom. The third kappa shape index (κ3) is 5.39. The number of hydrogen-bond donors (Lipinski definition) is 2. The topological polar surface area (TPSA) is 67.4 Å². The van der Waals surface area contributed by atoms with Crippen molar-refractivity contribution < 1.29 is 14.3 Å². The molecule has 2 unspecified atom stereocenters. The summed E-state index contributed by atoms with van der Waals surface area (Å²) < 4.78 is 5.15. The van der Waals surface area contributed by atoms with Gasteiger partial charge in [-0.2, -0.15) is 0 Å². The van der Waals surface area contributed by atoms with Gasteiger partial charge in [0.2, 0.25) is 5.91 Å². The van der Waals surface area contributed by atoms with Crippen molar-refractivity contribution in [3.8, 4) is 0 Å². The summed E-state index contributed by atoms with van der Waals surface area (Å²) in [5.74, 6) is 0.551. The van der Waals surface area contributed by atoms with Crippen molar-refractivity contribution in [2.24, 2.45) is 5.92 Å². The van der Waals surface area contributed by atoms with Gasteiger partial charge in [0.05, 0.1) is 0 Å². The maximum atomic E-state index is 11.7. The monoisotopic (exact) mass is 304 g/mol. The Bertz CT molecular complexity index is 490. The molecule has 120 valence electrons. The summed E-state index contributed by atoms with van der Waals surface area (Å²) in [5, 5.41) is 5.77. The molecule has 1 aliphatic rings. The van der Waals surface area contributed by atoms with Crippen LogP contribution in [0.1, 0.15) is 38.2 Å². The van der Waals surface area contributed by atoms with Gasteiger partial charge in [-0.3, -0.25) is 4.79 Å². The molecule has 1 aromatic rings. The summed E-state index contributed by atoms with van der Waals surface area (Å²) in [6.45, 7) is 2.91. The van der Waals surface area contributed by atoms with Gasteiger partial charge < -0.3 is 15.4 Å². The number of hydrogen-bond acceptors (Lipinski definition) is 3. The molecule has 1 fully saturated rings. The van der Waals surface area contributed by atoms with Crippen LogP contribution in [0.25, 0.3) is 0 Å². The Hall–Kier alpha value is -2.04. The van der Waals surface area contributed by atoms with Gasteiger partial charge in [-0.25, -0.2) is 4.79 Å². The molecule has 2 atom stereocenters. The Labute approximate surface area is 131 Å². The normalized spacial score (nSPS) is 21.6. The van der Waals surface area contributed by atoms with Gasteiger partial charge in [0, 0.05) is 19.0 Å². The van der Waals surface area contributed by atoms with Crippen molar-refractivity contribution in [1.82, 2.24) is 10.6 Å². The number of benzene rings is 1. The lowest BCUT2D eigenvalue weighted by Crippen LogP contribution is -2.40. The average molecular weight is 304 g/mol. The summed E-state index contributed by atoms with van der Waals surface area (Å²) in [4.78, 5) is 23.2. The lowest BCUT2D eigenvalue weighted by atomic mass is 9.95. The molecule has 1 aliphatic heterocycles. The summed E-state index contributed by atoms with van der Waals surface area (Å²) in [7, 11) is 0. The van der Waals surface area contributed by atoms with E-state index in [0.717, 1.165) is 24.8 Å². The molecule has 0 spiro atoms. The second-order valence-electron chi connectivity index (χ2n) is 5.82. The summed E-state index contributed by atoms with van der Waals surface area (Å²) in [6, 6.07) is 9.70. The van der Waals surface area contributed by atoms with Crippen LogP contribution in [0.5, 0.6) is 0 Å². The van der Waals surface area contributed by atoms with Crippen molar-refractivity contribution in [3.63, 3.8) is 0 Å². The van der Waals surface area contributed by atoms with Gasteiger partial charge in [-0.1, -0.05) is 37.3 Å². The van der Waals surface area contributed by atoms with Crippen LogP contribution in [-0.2, 0) is 16.1 Å².